The Labute approximate surface area is 134 Å². The minimum absolute atomic E-state index is 0.383. The van der Waals surface area contributed by atoms with E-state index in [2.05, 4.69) is 72.9 Å². The Morgan fingerprint density at radius 3 is 1.91 bits per heavy atom. The zero-order valence-corrected chi connectivity index (χ0v) is 13.5. The first kappa shape index (κ1) is 15.3. The molecule has 116 valence electrons. The molecule has 1 aliphatic rings. The van der Waals surface area contributed by atoms with E-state index in [-0.39, 0.29) is 0 Å². The van der Waals surface area contributed by atoms with Crippen LogP contribution >= 0.6 is 0 Å². The molecule has 0 unspecified atom stereocenters. The molecule has 2 aromatic rings. The molecule has 1 fully saturated rings. The van der Waals surface area contributed by atoms with Crippen LogP contribution in [0.1, 0.15) is 62.2 Å². The summed E-state index contributed by atoms with van der Waals surface area (Å²) < 4.78 is 0. The molecule has 1 nitrogen and oxygen atoms in total. The maximum Gasteiger partial charge on any atom is 0.0353 e. The fraction of sp³-hybridized carbons (Fsp3) is 0.429. The van der Waals surface area contributed by atoms with E-state index < -0.39 is 0 Å². The van der Waals surface area contributed by atoms with Crippen molar-refractivity contribution >= 4 is 0 Å². The van der Waals surface area contributed by atoms with Crippen LogP contribution < -0.4 is 5.32 Å². The summed E-state index contributed by atoms with van der Waals surface area (Å²) in [6.45, 7) is 2.29. The van der Waals surface area contributed by atoms with Crippen molar-refractivity contribution in [3.63, 3.8) is 0 Å². The first-order valence-electron chi connectivity index (χ1n) is 8.70. The predicted octanol–water partition coefficient (Wildman–Crippen LogP) is 5.66. The molecule has 1 saturated carbocycles. The van der Waals surface area contributed by atoms with Gasteiger partial charge in [0.1, 0.15) is 0 Å². The molecule has 0 saturated heterocycles. The maximum atomic E-state index is 3.92. The lowest BCUT2D eigenvalue weighted by Crippen LogP contribution is -2.31. The zero-order valence-electron chi connectivity index (χ0n) is 13.5. The van der Waals surface area contributed by atoms with Crippen molar-refractivity contribution in [1.29, 1.82) is 0 Å². The molecule has 22 heavy (non-hydrogen) atoms. The molecule has 0 heterocycles. The fourth-order valence-electron chi connectivity index (χ4n) is 3.74. The standard InChI is InChI=1S/C21H27N/c1-17(18-11-5-2-6-12-18)22-21(19-13-7-3-8-14-19)20-15-9-4-10-16-20/h2-3,5-8,11-14,17,20-22H,4,9-10,15-16H2,1H3/t17-,21-/m1/s1. The molecule has 1 heteroatoms. The molecule has 0 radical (unpaired) electrons. The summed E-state index contributed by atoms with van der Waals surface area (Å²) in [7, 11) is 0. The number of rotatable bonds is 5. The van der Waals surface area contributed by atoms with E-state index in [0.29, 0.717) is 12.1 Å². The van der Waals surface area contributed by atoms with Crippen LogP contribution in [-0.4, -0.2) is 0 Å². The monoisotopic (exact) mass is 293 g/mol. The number of nitrogens with one attached hydrogen (secondary N) is 1. The van der Waals surface area contributed by atoms with Crippen LogP contribution in [-0.2, 0) is 0 Å². The Kier molecular flexibility index (Phi) is 5.29. The Morgan fingerprint density at radius 2 is 1.32 bits per heavy atom. The van der Waals surface area contributed by atoms with Gasteiger partial charge in [0, 0.05) is 12.1 Å². The second-order valence-electron chi connectivity index (χ2n) is 6.59. The highest BCUT2D eigenvalue weighted by molar-refractivity contribution is 5.23. The molecule has 1 aliphatic carbocycles. The van der Waals surface area contributed by atoms with Crippen molar-refractivity contribution in [2.24, 2.45) is 5.92 Å². The Bertz CT molecular complexity index is 543. The molecule has 3 rings (SSSR count). The molecule has 1 N–H and O–H groups in total. The highest BCUT2D eigenvalue weighted by Gasteiger charge is 2.26. The van der Waals surface area contributed by atoms with Gasteiger partial charge in [-0.1, -0.05) is 79.9 Å². The van der Waals surface area contributed by atoms with E-state index in [9.17, 15) is 0 Å². The summed E-state index contributed by atoms with van der Waals surface area (Å²) in [6.07, 6.45) is 6.89. The van der Waals surface area contributed by atoms with Crippen molar-refractivity contribution in [1.82, 2.24) is 5.32 Å². The van der Waals surface area contributed by atoms with Gasteiger partial charge in [0.25, 0.3) is 0 Å². The molecule has 2 atom stereocenters. The first-order valence-corrected chi connectivity index (χ1v) is 8.70. The summed E-state index contributed by atoms with van der Waals surface area (Å²) in [6, 6.07) is 22.7. The van der Waals surface area contributed by atoms with E-state index in [0.717, 1.165) is 5.92 Å². The molecule has 0 amide bonds. The van der Waals surface area contributed by atoms with Crippen LogP contribution in [0.4, 0.5) is 0 Å². The van der Waals surface area contributed by atoms with E-state index in [1.54, 1.807) is 0 Å². The lowest BCUT2D eigenvalue weighted by Gasteiger charge is -2.33. The Morgan fingerprint density at radius 1 is 0.773 bits per heavy atom. The summed E-state index contributed by atoms with van der Waals surface area (Å²) in [4.78, 5) is 0. The summed E-state index contributed by atoms with van der Waals surface area (Å²) >= 11 is 0. The van der Waals surface area contributed by atoms with Crippen molar-refractivity contribution in [2.75, 3.05) is 0 Å². The van der Waals surface area contributed by atoms with E-state index in [1.165, 1.54) is 43.2 Å². The smallest absolute Gasteiger partial charge is 0.0353 e. The van der Waals surface area contributed by atoms with Crippen molar-refractivity contribution in [2.45, 2.75) is 51.1 Å². The minimum atomic E-state index is 0.383. The fourth-order valence-corrected chi connectivity index (χ4v) is 3.74. The van der Waals surface area contributed by atoms with Gasteiger partial charge in [-0.3, -0.25) is 0 Å². The zero-order chi connectivity index (χ0) is 15.2. The second kappa shape index (κ2) is 7.60. The third kappa shape index (κ3) is 3.78. The second-order valence-corrected chi connectivity index (χ2v) is 6.59. The van der Waals surface area contributed by atoms with Gasteiger partial charge in [-0.25, -0.2) is 0 Å². The Hall–Kier alpha value is -1.60. The van der Waals surface area contributed by atoms with Gasteiger partial charge in [-0.05, 0) is 36.8 Å². The van der Waals surface area contributed by atoms with Crippen LogP contribution in [0.15, 0.2) is 60.7 Å². The SMILES string of the molecule is C[C@@H](N[C@H](c1ccccc1)C1CCCCC1)c1ccccc1. The van der Waals surface area contributed by atoms with Gasteiger partial charge in [-0.2, -0.15) is 0 Å². The van der Waals surface area contributed by atoms with Crippen LogP contribution in [0.2, 0.25) is 0 Å². The quantitative estimate of drug-likeness (QED) is 0.750. The van der Waals surface area contributed by atoms with E-state index in [1.807, 2.05) is 0 Å². The first-order chi connectivity index (χ1) is 10.8. The lowest BCUT2D eigenvalue weighted by molar-refractivity contribution is 0.257. The van der Waals surface area contributed by atoms with Gasteiger partial charge in [0.2, 0.25) is 0 Å². The molecular weight excluding hydrogens is 266 g/mol. The topological polar surface area (TPSA) is 12.0 Å². The third-order valence-corrected chi connectivity index (χ3v) is 5.01. The van der Waals surface area contributed by atoms with E-state index in [4.69, 9.17) is 0 Å². The molecular formula is C21H27N. The predicted molar refractivity (Wildman–Crippen MR) is 93.8 cm³/mol. The van der Waals surface area contributed by atoms with Crippen molar-refractivity contribution in [3.05, 3.63) is 71.8 Å². The minimum Gasteiger partial charge on any atom is -0.303 e. The largest absolute Gasteiger partial charge is 0.303 e. The van der Waals surface area contributed by atoms with E-state index >= 15 is 0 Å². The number of benzene rings is 2. The highest BCUT2D eigenvalue weighted by atomic mass is 15.0. The normalized spacial score (nSPS) is 18.8. The van der Waals surface area contributed by atoms with Gasteiger partial charge in [-0.15, -0.1) is 0 Å². The average molecular weight is 293 g/mol. The summed E-state index contributed by atoms with van der Waals surface area (Å²) in [5, 5.41) is 3.92. The molecule has 0 aromatic heterocycles. The number of hydrogen-bond donors (Lipinski definition) is 1. The van der Waals surface area contributed by atoms with Gasteiger partial charge >= 0.3 is 0 Å². The van der Waals surface area contributed by atoms with Gasteiger partial charge in [0.05, 0.1) is 0 Å². The maximum absolute atomic E-state index is 3.92. The van der Waals surface area contributed by atoms with Crippen LogP contribution in [0.25, 0.3) is 0 Å². The van der Waals surface area contributed by atoms with Crippen molar-refractivity contribution in [3.8, 4) is 0 Å². The van der Waals surface area contributed by atoms with Crippen LogP contribution in [0, 0.1) is 5.92 Å². The third-order valence-electron chi connectivity index (χ3n) is 5.01. The Balaban J connectivity index is 1.79. The highest BCUT2D eigenvalue weighted by Crippen LogP contribution is 2.35. The van der Waals surface area contributed by atoms with Crippen molar-refractivity contribution < 1.29 is 0 Å². The molecule has 0 aliphatic heterocycles. The molecule has 2 aromatic carbocycles. The van der Waals surface area contributed by atoms with Crippen LogP contribution in [0.5, 0.6) is 0 Å². The number of hydrogen-bond acceptors (Lipinski definition) is 1. The van der Waals surface area contributed by atoms with Crippen LogP contribution in [0.3, 0.4) is 0 Å². The molecule has 0 bridgehead atoms. The van der Waals surface area contributed by atoms with Gasteiger partial charge in [0.15, 0.2) is 0 Å². The molecule has 0 spiro atoms. The average Bonchev–Trinajstić information content (AvgIpc) is 2.62. The summed E-state index contributed by atoms with van der Waals surface area (Å²) in [5.41, 5.74) is 2.82. The van der Waals surface area contributed by atoms with Gasteiger partial charge < -0.3 is 5.32 Å². The lowest BCUT2D eigenvalue weighted by atomic mass is 9.80. The summed E-state index contributed by atoms with van der Waals surface area (Å²) in [5.74, 6) is 0.766.